The van der Waals surface area contributed by atoms with Gasteiger partial charge < -0.3 is 10.6 Å². The minimum atomic E-state index is -0.199. The van der Waals surface area contributed by atoms with Crippen molar-refractivity contribution in [3.63, 3.8) is 0 Å². The molecule has 1 aromatic heterocycles. The lowest BCUT2D eigenvalue weighted by atomic mass is 10.1. The number of amides is 2. The molecule has 0 radical (unpaired) electrons. The summed E-state index contributed by atoms with van der Waals surface area (Å²) in [6.07, 6.45) is 0. The van der Waals surface area contributed by atoms with Crippen molar-refractivity contribution < 1.29 is 9.59 Å². The number of hydrogen-bond acceptors (Lipinski definition) is 3. The lowest BCUT2D eigenvalue weighted by Gasteiger charge is -2.11. The Hall–Kier alpha value is -2.44. The molecule has 3 aromatic rings. The molecule has 132 valence electrons. The van der Waals surface area contributed by atoms with E-state index >= 15 is 0 Å². The maximum Gasteiger partial charge on any atom is 0.255 e. The van der Waals surface area contributed by atoms with Crippen molar-refractivity contribution in [1.82, 2.24) is 5.32 Å². The first-order chi connectivity index (χ1) is 12.5. The van der Waals surface area contributed by atoms with Gasteiger partial charge in [0, 0.05) is 31.5 Å². The molecule has 0 fully saturated rings. The van der Waals surface area contributed by atoms with Crippen LogP contribution in [0.15, 0.2) is 64.5 Å². The number of nitrogens with one attached hydrogen (secondary N) is 2. The van der Waals surface area contributed by atoms with Crippen LogP contribution in [-0.2, 0) is 6.54 Å². The van der Waals surface area contributed by atoms with Gasteiger partial charge in [-0.1, -0.05) is 24.3 Å². The quantitative estimate of drug-likeness (QED) is 0.600. The second-order valence-electron chi connectivity index (χ2n) is 5.76. The van der Waals surface area contributed by atoms with Gasteiger partial charge in [-0.3, -0.25) is 9.59 Å². The van der Waals surface area contributed by atoms with Gasteiger partial charge in [0.25, 0.3) is 11.8 Å². The van der Waals surface area contributed by atoms with Crippen molar-refractivity contribution in [2.24, 2.45) is 0 Å². The molecule has 2 amide bonds. The van der Waals surface area contributed by atoms with Crippen LogP contribution in [0.1, 0.15) is 31.2 Å². The highest BCUT2D eigenvalue weighted by Gasteiger charge is 2.11. The Morgan fingerprint density at radius 1 is 1.00 bits per heavy atom. The third-order valence-corrected chi connectivity index (χ3v) is 5.53. The first-order valence-electron chi connectivity index (χ1n) is 8.01. The SMILES string of the molecule is Cc1ccc(C(=O)NCc2cc(Br)cs2)cc1NC(=O)c1ccccc1. The fourth-order valence-corrected chi connectivity index (χ4v) is 3.79. The molecule has 0 bridgehead atoms. The molecule has 1 heterocycles. The van der Waals surface area contributed by atoms with E-state index < -0.39 is 0 Å². The van der Waals surface area contributed by atoms with Gasteiger partial charge in [-0.25, -0.2) is 0 Å². The highest BCUT2D eigenvalue weighted by atomic mass is 79.9. The molecule has 0 aliphatic heterocycles. The average molecular weight is 429 g/mol. The standard InChI is InChI=1S/C20H17BrN2O2S/c1-13-7-8-15(19(24)22-11-17-10-16(21)12-26-17)9-18(13)23-20(25)14-5-3-2-4-6-14/h2-10,12H,11H2,1H3,(H,22,24)(H,23,25). The van der Waals surface area contributed by atoms with E-state index in [-0.39, 0.29) is 11.8 Å². The summed E-state index contributed by atoms with van der Waals surface area (Å²) in [4.78, 5) is 25.8. The van der Waals surface area contributed by atoms with Crippen LogP contribution in [0.3, 0.4) is 0 Å². The molecular weight excluding hydrogens is 412 g/mol. The third kappa shape index (κ3) is 4.59. The van der Waals surface area contributed by atoms with Crippen LogP contribution < -0.4 is 10.6 Å². The van der Waals surface area contributed by atoms with Gasteiger partial charge in [-0.05, 0) is 58.7 Å². The van der Waals surface area contributed by atoms with Gasteiger partial charge in [0.2, 0.25) is 0 Å². The van der Waals surface area contributed by atoms with Crippen LogP contribution in [0.25, 0.3) is 0 Å². The zero-order valence-electron chi connectivity index (χ0n) is 14.1. The average Bonchev–Trinajstić information content (AvgIpc) is 3.07. The lowest BCUT2D eigenvalue weighted by molar-refractivity contribution is 0.0950. The van der Waals surface area contributed by atoms with Crippen LogP contribution in [0.4, 0.5) is 5.69 Å². The molecule has 0 spiro atoms. The Kier molecular flexibility index (Phi) is 5.85. The lowest BCUT2D eigenvalue weighted by Crippen LogP contribution is -2.22. The number of benzene rings is 2. The molecule has 0 aliphatic rings. The smallest absolute Gasteiger partial charge is 0.255 e. The largest absolute Gasteiger partial charge is 0.347 e. The van der Waals surface area contributed by atoms with Crippen molar-refractivity contribution in [2.45, 2.75) is 13.5 Å². The van der Waals surface area contributed by atoms with E-state index in [1.807, 2.05) is 42.6 Å². The summed E-state index contributed by atoms with van der Waals surface area (Å²) >= 11 is 4.98. The predicted octanol–water partition coefficient (Wildman–Crippen LogP) is 5.00. The van der Waals surface area contributed by atoms with E-state index in [0.717, 1.165) is 14.9 Å². The zero-order chi connectivity index (χ0) is 18.5. The van der Waals surface area contributed by atoms with E-state index in [1.54, 1.807) is 35.6 Å². The second-order valence-corrected chi connectivity index (χ2v) is 7.68. The number of aryl methyl sites for hydroxylation is 1. The van der Waals surface area contributed by atoms with Gasteiger partial charge in [0.1, 0.15) is 0 Å². The van der Waals surface area contributed by atoms with Gasteiger partial charge in [-0.2, -0.15) is 0 Å². The fourth-order valence-electron chi connectivity index (χ4n) is 2.40. The molecule has 2 aromatic carbocycles. The maximum absolute atomic E-state index is 12.4. The van der Waals surface area contributed by atoms with Crippen LogP contribution >= 0.6 is 27.3 Å². The minimum absolute atomic E-state index is 0.176. The van der Waals surface area contributed by atoms with Gasteiger partial charge in [0.05, 0.1) is 6.54 Å². The normalized spacial score (nSPS) is 10.4. The van der Waals surface area contributed by atoms with Crippen LogP contribution in [0, 0.1) is 6.92 Å². The molecule has 0 unspecified atom stereocenters. The Morgan fingerprint density at radius 3 is 2.46 bits per heavy atom. The number of carbonyl (C=O) groups excluding carboxylic acids is 2. The molecule has 26 heavy (non-hydrogen) atoms. The molecule has 0 saturated heterocycles. The van der Waals surface area contributed by atoms with E-state index in [0.29, 0.717) is 23.4 Å². The maximum atomic E-state index is 12.4. The van der Waals surface area contributed by atoms with Gasteiger partial charge in [0.15, 0.2) is 0 Å². The summed E-state index contributed by atoms with van der Waals surface area (Å²) in [6.45, 7) is 2.36. The van der Waals surface area contributed by atoms with E-state index in [9.17, 15) is 9.59 Å². The summed E-state index contributed by atoms with van der Waals surface area (Å²) in [5.74, 6) is -0.376. The molecule has 6 heteroatoms. The van der Waals surface area contributed by atoms with Crippen molar-refractivity contribution >= 4 is 44.8 Å². The summed E-state index contributed by atoms with van der Waals surface area (Å²) in [5, 5.41) is 7.75. The first-order valence-corrected chi connectivity index (χ1v) is 9.68. The van der Waals surface area contributed by atoms with Gasteiger partial charge >= 0.3 is 0 Å². The predicted molar refractivity (Wildman–Crippen MR) is 109 cm³/mol. The van der Waals surface area contributed by atoms with E-state index in [1.165, 1.54) is 0 Å². The molecule has 0 saturated carbocycles. The Bertz CT molecular complexity index is 938. The minimum Gasteiger partial charge on any atom is -0.347 e. The third-order valence-electron chi connectivity index (χ3n) is 3.83. The monoisotopic (exact) mass is 428 g/mol. The van der Waals surface area contributed by atoms with Crippen LogP contribution in [-0.4, -0.2) is 11.8 Å². The number of rotatable bonds is 5. The van der Waals surface area contributed by atoms with Gasteiger partial charge in [-0.15, -0.1) is 11.3 Å². The number of anilines is 1. The molecule has 0 atom stereocenters. The topological polar surface area (TPSA) is 58.2 Å². The number of halogens is 1. The number of carbonyl (C=O) groups is 2. The van der Waals surface area contributed by atoms with Crippen molar-refractivity contribution in [3.05, 3.63) is 86.0 Å². The molecule has 2 N–H and O–H groups in total. The summed E-state index contributed by atoms with van der Waals surface area (Å²) in [7, 11) is 0. The Balaban J connectivity index is 1.70. The van der Waals surface area contributed by atoms with Crippen molar-refractivity contribution in [1.29, 1.82) is 0 Å². The number of thiophene rings is 1. The van der Waals surface area contributed by atoms with Crippen LogP contribution in [0.2, 0.25) is 0 Å². The summed E-state index contributed by atoms with van der Waals surface area (Å²) < 4.78 is 1.01. The molecule has 0 aliphatic carbocycles. The molecule has 4 nitrogen and oxygen atoms in total. The van der Waals surface area contributed by atoms with Crippen molar-refractivity contribution in [3.8, 4) is 0 Å². The summed E-state index contributed by atoms with van der Waals surface area (Å²) in [5.41, 5.74) is 2.61. The number of hydrogen-bond donors (Lipinski definition) is 2. The molecule has 3 rings (SSSR count). The van der Waals surface area contributed by atoms with E-state index in [2.05, 4.69) is 26.6 Å². The highest BCUT2D eigenvalue weighted by Crippen LogP contribution is 2.20. The fraction of sp³-hybridized carbons (Fsp3) is 0.100. The van der Waals surface area contributed by atoms with E-state index in [4.69, 9.17) is 0 Å². The Morgan fingerprint density at radius 2 is 1.77 bits per heavy atom. The highest BCUT2D eigenvalue weighted by molar-refractivity contribution is 9.10. The van der Waals surface area contributed by atoms with Crippen LogP contribution in [0.5, 0.6) is 0 Å². The van der Waals surface area contributed by atoms with Crippen molar-refractivity contribution in [2.75, 3.05) is 5.32 Å². The first kappa shape index (κ1) is 18.4. The zero-order valence-corrected chi connectivity index (χ0v) is 16.5. The molecular formula is C20H17BrN2O2S. The second kappa shape index (κ2) is 8.29. The Labute approximate surface area is 164 Å². The summed E-state index contributed by atoms with van der Waals surface area (Å²) in [6, 6.07) is 16.3.